The summed E-state index contributed by atoms with van der Waals surface area (Å²) >= 11 is 21.2. The number of pyridine rings is 3. The third-order valence-electron chi connectivity index (χ3n) is 23.7. The number of thioether (sulfide) groups is 3. The number of aliphatic hydroxyl groups is 5. The number of esters is 2. The van der Waals surface area contributed by atoms with E-state index in [1.165, 1.54) is 108 Å². The van der Waals surface area contributed by atoms with Gasteiger partial charge in [0, 0.05) is 104 Å². The van der Waals surface area contributed by atoms with Crippen molar-refractivity contribution < 1.29 is 161 Å². The van der Waals surface area contributed by atoms with Gasteiger partial charge in [-0.1, -0.05) is 85.8 Å². The Labute approximate surface area is 864 Å². The molecule has 0 spiro atoms. The first-order chi connectivity index (χ1) is 68.7. The Hall–Kier alpha value is -9.69. The predicted molar refractivity (Wildman–Crippen MR) is 491 cm³/mol. The number of azide groups is 1. The number of benzene rings is 3. The number of rotatable bonds is 25. The van der Waals surface area contributed by atoms with Crippen LogP contribution in [-0.2, 0) is 61.7 Å². The summed E-state index contributed by atoms with van der Waals surface area (Å²) in [4.78, 5) is 37.7. The number of aliphatic hydroxyl groups excluding tert-OH is 5. The molecule has 40 nitrogen and oxygen atoms in total. The molecule has 5 N–H and O–H groups in total. The topological polar surface area (TPSA) is 501 Å². The van der Waals surface area contributed by atoms with Crippen LogP contribution < -0.4 is 34.7 Å². The summed E-state index contributed by atoms with van der Waals surface area (Å²) in [5.74, 6) is -12.3. The minimum Gasteiger partial charge on any atom is -0.857 e. The van der Waals surface area contributed by atoms with Crippen LogP contribution in [-0.4, -0.2) is 314 Å². The fourth-order valence-electron chi connectivity index (χ4n) is 16.4. The van der Waals surface area contributed by atoms with Gasteiger partial charge in [-0.05, 0) is 78.3 Å². The van der Waals surface area contributed by atoms with Crippen molar-refractivity contribution in [3.63, 3.8) is 0 Å². The number of methoxy groups -OCH3 is 3. The van der Waals surface area contributed by atoms with Crippen molar-refractivity contribution in [1.29, 1.82) is 0 Å². The first-order valence-corrected chi connectivity index (χ1v) is 47.3. The van der Waals surface area contributed by atoms with Gasteiger partial charge in [0.25, 0.3) is 0 Å². The van der Waals surface area contributed by atoms with Crippen LogP contribution in [0.1, 0.15) is 63.5 Å². The average molecular weight is 2140 g/mol. The van der Waals surface area contributed by atoms with Gasteiger partial charge in [-0.15, -0.1) is 67.2 Å². The molecule has 24 unspecified atom stereocenters. The van der Waals surface area contributed by atoms with E-state index < -0.39 is 200 Å². The zero-order valence-corrected chi connectivity index (χ0v) is 84.2. The summed E-state index contributed by atoms with van der Waals surface area (Å²) in [6.45, 7) is 6.42. The quantitative estimate of drug-likeness (QED) is 0.00461. The maximum atomic E-state index is 14.0. The molecule has 6 aliphatic rings. The molecule has 24 atom stereocenters. The molecule has 8 aromatic heterocycles. The molecule has 3 aromatic carbocycles. The fourth-order valence-corrected chi connectivity index (χ4v) is 21.4. The monoisotopic (exact) mass is 2140 g/mol. The second-order valence-electron chi connectivity index (χ2n) is 32.6. The van der Waals surface area contributed by atoms with Gasteiger partial charge < -0.3 is 82.7 Å². The SMILES string of the molecule is C#Cc1ccnc(Cl)c1.COC1C(SC2COCC(N=[N+]=[N-])C2O)OC(COC(C)=O)C(C)C1n1cc(-c2cc(F)c(F)c(F)c2)nn1.COC1C(SC2COCC(n3cc(-c4ccnc(Cl)c4)nn3)C2O)OC(CO)C(O)C1n1cc(-c2cc(F)c(F)c(F)c2)nn1.COC1C(SC2COCC(n3cc(-c4ccnc(Cl)c4)nn3)C2O)OC(COC(C)=O)C(C)C1n1cc(-c2cc(F)c(F)c(F)c2)nn1.C[O-].[Na+]. The van der Waals surface area contributed by atoms with E-state index in [4.69, 9.17) is 104 Å². The van der Waals surface area contributed by atoms with Gasteiger partial charge in [-0.3, -0.25) is 9.59 Å². The number of terminal acetylenes is 1. The largest absolute Gasteiger partial charge is 1.00 e. The number of aromatic nitrogens is 18. The Morgan fingerprint density at radius 2 is 0.799 bits per heavy atom. The molecule has 6 saturated heterocycles. The molecule has 56 heteroatoms. The van der Waals surface area contributed by atoms with Crippen molar-refractivity contribution in [3.05, 3.63) is 206 Å². The number of hydrogen-bond acceptors (Lipinski definition) is 36. The smallest absolute Gasteiger partial charge is 0.857 e. The number of carbonyl (C=O) groups excluding carboxylic acids is 2. The minimum absolute atomic E-state index is 0. The number of halogens is 12. The van der Waals surface area contributed by atoms with Crippen LogP contribution in [0, 0.1) is 76.5 Å². The average Bonchev–Trinajstić information content (AvgIpc) is 1.70. The number of nitrogens with zero attached hydrogens (tertiary/aromatic N) is 21. The van der Waals surface area contributed by atoms with Gasteiger partial charge >= 0.3 is 41.5 Å². The van der Waals surface area contributed by atoms with Crippen LogP contribution in [0.3, 0.4) is 0 Å². The van der Waals surface area contributed by atoms with E-state index >= 15 is 0 Å². The van der Waals surface area contributed by atoms with E-state index in [-0.39, 0.29) is 128 Å². The molecule has 766 valence electrons. The predicted octanol–water partition coefficient (Wildman–Crippen LogP) is 6.63. The van der Waals surface area contributed by atoms with Gasteiger partial charge in [0.15, 0.2) is 52.4 Å². The second-order valence-corrected chi connectivity index (χ2v) is 37.8. The summed E-state index contributed by atoms with van der Waals surface area (Å²) in [7, 11) is 5.10. The van der Waals surface area contributed by atoms with Crippen LogP contribution in [0.5, 0.6) is 0 Å². The molecule has 0 aliphatic carbocycles. The Bertz CT molecular complexity index is 6190. The third kappa shape index (κ3) is 27.1. The van der Waals surface area contributed by atoms with Crippen molar-refractivity contribution in [3.8, 4) is 68.6 Å². The molecular weight excluding hydrogens is 2050 g/mol. The second kappa shape index (κ2) is 52.3. The van der Waals surface area contributed by atoms with Crippen LogP contribution in [0.15, 0.2) is 127 Å². The van der Waals surface area contributed by atoms with Crippen molar-refractivity contribution in [1.82, 2.24) is 89.9 Å². The van der Waals surface area contributed by atoms with Crippen LogP contribution in [0.4, 0.5) is 39.5 Å². The van der Waals surface area contributed by atoms with Crippen LogP contribution in [0.25, 0.3) is 66.7 Å². The molecule has 0 amide bonds. The standard InChI is InChI=1S/C30H31ClF3N7O6S.C27H27ClF3N7O6S.C23H27F3N6O6S.C7H4ClN.CH3O.Na/c1-14-23(12-46-15(2)42)47-30(29(44-3)27(14)41-10-21(37-39-41)17-6-18(32)26(34)19(33)7-17)48-24-13-45-11-22(28(24)43)40-9-20(36-38-40)16-4-5-35-25(31)8-16;1-42-26-23(38-8-17(34-36-38)13-4-14(29)22(31)15(30)5-13)25(41)19(9-39)44-27(26)45-20-11-43-10-18(24(20)40)37-7-16(33-35-37)12-2-3-32-21(28)6-12;1-10-17(8-37-11(2)33)38-23(39-18-9-36-7-16(21(18)34)28-30-27)22(35-3)20(10)32-6-15(29-31-32)12-4-13(24)19(26)14(25)5-12;1-2-6-3-4-9-7(8)5-6;1-2;/h4-10,14,22-24,27-30,43H,11-13H2,1-3H3;2-8,18-20,23-27,39-41H,9-11H2,1H3;4-6,10,16-18,20-23,34H,7-9H2,1-3H3;1,3-5H;1H3;/q;;;;-1;+1. The van der Waals surface area contributed by atoms with Gasteiger partial charge in [0.1, 0.15) is 122 Å². The summed E-state index contributed by atoms with van der Waals surface area (Å²) in [5.41, 5.74) is 9.80. The van der Waals surface area contributed by atoms with Crippen molar-refractivity contribution in [2.75, 3.05) is 87.9 Å². The van der Waals surface area contributed by atoms with Crippen LogP contribution >= 0.6 is 70.1 Å². The van der Waals surface area contributed by atoms with E-state index in [9.17, 15) is 74.6 Å². The van der Waals surface area contributed by atoms with E-state index in [0.29, 0.717) is 38.0 Å². The van der Waals surface area contributed by atoms with Crippen molar-refractivity contribution in [2.45, 2.75) is 157 Å². The maximum Gasteiger partial charge on any atom is 1.00 e. The van der Waals surface area contributed by atoms with E-state index in [2.05, 4.69) is 82.5 Å². The molecule has 17 rings (SSSR count). The van der Waals surface area contributed by atoms with Gasteiger partial charge in [0.2, 0.25) is 0 Å². The Balaban J connectivity index is 0.000000183. The molecule has 144 heavy (non-hydrogen) atoms. The number of hydrogen-bond donors (Lipinski definition) is 5. The summed E-state index contributed by atoms with van der Waals surface area (Å²) in [6.07, 6.45) is 8.41. The van der Waals surface area contributed by atoms with E-state index in [1.54, 1.807) is 72.1 Å². The zero-order chi connectivity index (χ0) is 103. The first-order valence-electron chi connectivity index (χ1n) is 43.3. The molecule has 14 heterocycles. The first kappa shape index (κ1) is 113. The molecule has 0 radical (unpaired) electrons. The molecule has 0 bridgehead atoms. The zero-order valence-electron chi connectivity index (χ0n) is 77.4. The van der Waals surface area contributed by atoms with Crippen molar-refractivity contribution >= 4 is 82.0 Å². The summed E-state index contributed by atoms with van der Waals surface area (Å²) in [5, 5.41) is 107. The minimum atomic E-state index is -1.62. The van der Waals surface area contributed by atoms with Gasteiger partial charge in [-0.2, -0.15) is 7.11 Å². The number of carbonyl (C=O) groups is 2. The molecule has 6 fully saturated rings. The Morgan fingerprint density at radius 1 is 0.479 bits per heavy atom. The van der Waals surface area contributed by atoms with E-state index in [0.717, 1.165) is 49.1 Å². The molecule has 0 saturated carbocycles. The Morgan fingerprint density at radius 3 is 1.13 bits per heavy atom. The summed E-state index contributed by atoms with van der Waals surface area (Å²) in [6, 6.07) is 10.9. The third-order valence-corrected chi connectivity index (χ3v) is 28.6. The van der Waals surface area contributed by atoms with Crippen LogP contribution in [0.2, 0.25) is 15.5 Å². The molecule has 6 aliphatic heterocycles. The molecular formula is C88H92Cl3F9N21NaO19S3. The number of ether oxygens (including phenoxy) is 11. The van der Waals surface area contributed by atoms with Gasteiger partial charge in [-0.25, -0.2) is 77.9 Å². The van der Waals surface area contributed by atoms with Crippen molar-refractivity contribution in [2.24, 2.45) is 17.0 Å². The van der Waals surface area contributed by atoms with Gasteiger partial charge in [0.05, 0.1) is 142 Å². The normalized spacial score (nSPS) is 27.1. The fraction of sp³-hybridized carbons (Fsp3) is 0.466. The molecule has 11 aromatic rings. The van der Waals surface area contributed by atoms with E-state index in [1.807, 2.05) is 13.8 Å². The summed E-state index contributed by atoms with van der Waals surface area (Å²) < 4.78 is 195. The maximum absolute atomic E-state index is 14.0. The Kier molecular flexibility index (Phi) is 41.0.